The van der Waals surface area contributed by atoms with Gasteiger partial charge in [0.15, 0.2) is 0 Å². The van der Waals surface area contributed by atoms with Crippen LogP contribution in [-0.2, 0) is 0 Å². The van der Waals surface area contributed by atoms with Crippen LogP contribution in [0.4, 0.5) is 0 Å². The first kappa shape index (κ1) is 14.2. The lowest BCUT2D eigenvalue weighted by Crippen LogP contribution is -1.87. The van der Waals surface area contributed by atoms with Gasteiger partial charge in [0.25, 0.3) is 0 Å². The zero-order chi connectivity index (χ0) is 11.5. The molecule has 0 amide bonds. The van der Waals surface area contributed by atoms with Gasteiger partial charge in [-0.25, -0.2) is 0 Å². The fraction of sp³-hybridized carbons (Fsp3) is 0.600. The molecule has 86 valence electrons. The molecule has 0 radical (unpaired) electrons. The normalized spacial score (nSPS) is 11.5. The first-order valence-corrected chi connectivity index (χ1v) is 6.13. The number of hydrogen-bond donors (Lipinski definition) is 0. The Morgan fingerprint density at radius 2 is 1.87 bits per heavy atom. The molecule has 0 aromatic rings. The molecule has 0 aliphatic carbocycles. The largest absolute Gasteiger partial charge is 0.103 e. The molecule has 0 saturated heterocycles. The van der Waals surface area contributed by atoms with Gasteiger partial charge in [-0.1, -0.05) is 30.2 Å². The predicted molar refractivity (Wildman–Crippen MR) is 71.1 cm³/mol. The van der Waals surface area contributed by atoms with Gasteiger partial charge in [0, 0.05) is 0 Å². The highest BCUT2D eigenvalue weighted by Gasteiger charge is 1.97. The Morgan fingerprint density at radius 3 is 2.40 bits per heavy atom. The molecule has 0 bridgehead atoms. The van der Waals surface area contributed by atoms with Crippen molar-refractivity contribution < 1.29 is 0 Å². The van der Waals surface area contributed by atoms with E-state index in [0.29, 0.717) is 0 Å². The van der Waals surface area contributed by atoms with Crippen molar-refractivity contribution in [1.29, 1.82) is 0 Å². The minimum Gasteiger partial charge on any atom is -0.103 e. The van der Waals surface area contributed by atoms with Gasteiger partial charge < -0.3 is 0 Å². The van der Waals surface area contributed by atoms with Crippen LogP contribution in [0.5, 0.6) is 0 Å². The van der Waals surface area contributed by atoms with Crippen LogP contribution in [0.2, 0.25) is 0 Å². The molecule has 15 heavy (non-hydrogen) atoms. The first-order valence-electron chi connectivity index (χ1n) is 6.13. The maximum atomic E-state index is 3.96. The summed E-state index contributed by atoms with van der Waals surface area (Å²) < 4.78 is 0. The van der Waals surface area contributed by atoms with Gasteiger partial charge in [-0.15, -0.1) is 13.2 Å². The van der Waals surface area contributed by atoms with Gasteiger partial charge in [0.2, 0.25) is 0 Å². The molecule has 0 heterocycles. The minimum atomic E-state index is 1.15. The third-order valence-electron chi connectivity index (χ3n) is 2.52. The average molecular weight is 206 g/mol. The first-order chi connectivity index (χ1) is 7.20. The van der Waals surface area contributed by atoms with Crippen LogP contribution >= 0.6 is 0 Å². The Hall–Kier alpha value is -0.780. The van der Waals surface area contributed by atoms with E-state index in [-0.39, 0.29) is 0 Å². The van der Waals surface area contributed by atoms with E-state index in [1.54, 1.807) is 5.57 Å². The van der Waals surface area contributed by atoms with Crippen molar-refractivity contribution in [2.75, 3.05) is 0 Å². The fourth-order valence-electron chi connectivity index (χ4n) is 1.63. The lowest BCUT2D eigenvalue weighted by Gasteiger charge is -2.07. The molecule has 0 aliphatic heterocycles. The lowest BCUT2D eigenvalue weighted by molar-refractivity contribution is 0.713. The van der Waals surface area contributed by atoms with Crippen molar-refractivity contribution >= 4 is 0 Å². The van der Waals surface area contributed by atoms with Crippen LogP contribution in [0.1, 0.15) is 58.8 Å². The van der Waals surface area contributed by atoms with Crippen LogP contribution in [0.25, 0.3) is 0 Å². The molecular formula is C15H26. The molecular weight excluding hydrogens is 180 g/mol. The highest BCUT2D eigenvalue weighted by Crippen LogP contribution is 2.17. The SMILES string of the molecule is C=CCCCCC(=CCC)CCC(=C)C. The van der Waals surface area contributed by atoms with Gasteiger partial charge in [-0.3, -0.25) is 0 Å². The Kier molecular flexibility index (Phi) is 9.26. The zero-order valence-corrected chi connectivity index (χ0v) is 10.5. The average Bonchev–Trinajstić information content (AvgIpc) is 2.20. The van der Waals surface area contributed by atoms with Crippen LogP contribution in [-0.4, -0.2) is 0 Å². The molecule has 0 aromatic heterocycles. The summed E-state index contributed by atoms with van der Waals surface area (Å²) in [5.41, 5.74) is 2.91. The van der Waals surface area contributed by atoms with Crippen molar-refractivity contribution in [2.24, 2.45) is 0 Å². The van der Waals surface area contributed by atoms with Crippen molar-refractivity contribution in [2.45, 2.75) is 58.8 Å². The highest BCUT2D eigenvalue weighted by atomic mass is 14.0. The smallest absolute Gasteiger partial charge is 0.0283 e. The summed E-state index contributed by atoms with van der Waals surface area (Å²) in [6, 6.07) is 0. The van der Waals surface area contributed by atoms with E-state index in [1.807, 2.05) is 6.08 Å². The summed E-state index contributed by atoms with van der Waals surface area (Å²) in [6.07, 6.45) is 12.9. The summed E-state index contributed by atoms with van der Waals surface area (Å²) >= 11 is 0. The molecule has 0 saturated carbocycles. The Balaban J connectivity index is 3.78. The predicted octanol–water partition coefficient (Wildman–Crippen LogP) is 5.43. The number of allylic oxidation sites excluding steroid dienone is 4. The van der Waals surface area contributed by atoms with E-state index >= 15 is 0 Å². The zero-order valence-electron chi connectivity index (χ0n) is 10.5. The molecule has 0 heteroatoms. The number of hydrogen-bond acceptors (Lipinski definition) is 0. The van der Waals surface area contributed by atoms with Gasteiger partial charge in [-0.05, 0) is 51.9 Å². The summed E-state index contributed by atoms with van der Waals surface area (Å²) in [7, 11) is 0. The third kappa shape index (κ3) is 9.52. The highest BCUT2D eigenvalue weighted by molar-refractivity contribution is 5.05. The second-order valence-electron chi connectivity index (χ2n) is 4.26. The van der Waals surface area contributed by atoms with E-state index < -0.39 is 0 Å². The van der Waals surface area contributed by atoms with Crippen LogP contribution in [0, 0.1) is 0 Å². The van der Waals surface area contributed by atoms with E-state index in [9.17, 15) is 0 Å². The number of unbranched alkanes of at least 4 members (excludes halogenated alkanes) is 2. The topological polar surface area (TPSA) is 0 Å². The monoisotopic (exact) mass is 206 g/mol. The molecule has 0 fully saturated rings. The summed E-state index contributed by atoms with van der Waals surface area (Å²) in [5.74, 6) is 0. The van der Waals surface area contributed by atoms with Crippen molar-refractivity contribution in [3.05, 3.63) is 36.5 Å². The Bertz CT molecular complexity index is 208. The quantitative estimate of drug-likeness (QED) is 0.349. The maximum Gasteiger partial charge on any atom is -0.0283 e. The van der Waals surface area contributed by atoms with E-state index in [0.717, 1.165) is 19.3 Å². The van der Waals surface area contributed by atoms with Crippen LogP contribution in [0.3, 0.4) is 0 Å². The van der Waals surface area contributed by atoms with Gasteiger partial charge in [-0.2, -0.15) is 0 Å². The molecule has 0 spiro atoms. The third-order valence-corrected chi connectivity index (χ3v) is 2.52. The van der Waals surface area contributed by atoms with E-state index in [4.69, 9.17) is 0 Å². The second-order valence-corrected chi connectivity index (χ2v) is 4.26. The summed E-state index contributed by atoms with van der Waals surface area (Å²) in [4.78, 5) is 0. The molecule has 0 atom stereocenters. The van der Waals surface area contributed by atoms with Crippen molar-refractivity contribution in [3.63, 3.8) is 0 Å². The van der Waals surface area contributed by atoms with E-state index in [2.05, 4.69) is 33.1 Å². The molecule has 0 aliphatic rings. The Labute approximate surface area is 95.8 Å². The Morgan fingerprint density at radius 1 is 1.13 bits per heavy atom. The van der Waals surface area contributed by atoms with Crippen LogP contribution < -0.4 is 0 Å². The molecule has 0 nitrogen and oxygen atoms in total. The number of rotatable bonds is 9. The van der Waals surface area contributed by atoms with Crippen molar-refractivity contribution in [3.8, 4) is 0 Å². The van der Waals surface area contributed by atoms with Gasteiger partial charge in [0.1, 0.15) is 0 Å². The second kappa shape index (κ2) is 9.76. The fourth-order valence-corrected chi connectivity index (χ4v) is 1.63. The molecule has 0 unspecified atom stereocenters. The summed E-state index contributed by atoms with van der Waals surface area (Å²) in [5, 5.41) is 0. The standard InChI is InChI=1S/C15H26/c1-5-7-8-9-11-15(10-6-2)13-12-14(3)4/h5,10H,1,3,6-9,11-13H2,2,4H3. The van der Waals surface area contributed by atoms with Gasteiger partial charge in [0.05, 0.1) is 0 Å². The molecule has 0 N–H and O–H groups in total. The summed E-state index contributed by atoms with van der Waals surface area (Å²) in [6.45, 7) is 12.0. The minimum absolute atomic E-state index is 1.15. The van der Waals surface area contributed by atoms with E-state index in [1.165, 1.54) is 31.3 Å². The molecule has 0 rings (SSSR count). The maximum absolute atomic E-state index is 3.96. The van der Waals surface area contributed by atoms with Gasteiger partial charge >= 0.3 is 0 Å². The van der Waals surface area contributed by atoms with Crippen LogP contribution in [0.15, 0.2) is 36.5 Å². The lowest BCUT2D eigenvalue weighted by atomic mass is 10.00. The van der Waals surface area contributed by atoms with Crippen molar-refractivity contribution in [1.82, 2.24) is 0 Å². The molecule has 0 aromatic carbocycles.